The number of aliphatic hydroxyl groups is 2. The highest BCUT2D eigenvalue weighted by Gasteiger charge is 2.17. The fourth-order valence-electron chi connectivity index (χ4n) is 1.55. The fraction of sp³-hybridized carbons (Fsp3) is 0.333. The number of aliphatic hydroxyl groups excluding tert-OH is 2. The van der Waals surface area contributed by atoms with Crippen molar-refractivity contribution in [2.45, 2.75) is 0 Å². The monoisotopic (exact) mass is 346 g/mol. The molecule has 0 heterocycles. The number of nitrogens with one attached hydrogen (secondary N) is 1. The summed E-state index contributed by atoms with van der Waals surface area (Å²) in [5.41, 5.74) is 0.0900. The van der Waals surface area contributed by atoms with Crippen molar-refractivity contribution in [1.29, 1.82) is 0 Å². The largest absolute Gasteiger partial charge is 0.478 e. The van der Waals surface area contributed by atoms with Gasteiger partial charge in [-0.3, -0.25) is 0 Å². The maximum absolute atomic E-state index is 11.9. The minimum absolute atomic E-state index is 0.0470. The molecule has 0 aliphatic rings. The predicted molar refractivity (Wildman–Crippen MR) is 75.9 cm³/mol. The number of anilines is 1. The van der Waals surface area contributed by atoms with E-state index >= 15 is 0 Å². The van der Waals surface area contributed by atoms with Gasteiger partial charge in [0.2, 0.25) is 0 Å². The number of amides is 2. The van der Waals surface area contributed by atoms with Crippen LogP contribution in [0.15, 0.2) is 22.7 Å². The van der Waals surface area contributed by atoms with Gasteiger partial charge in [-0.25, -0.2) is 9.59 Å². The number of carbonyl (C=O) groups excluding carboxylic acids is 1. The molecule has 2 amide bonds. The summed E-state index contributed by atoms with van der Waals surface area (Å²) >= 11 is 3.16. The topological polar surface area (TPSA) is 110 Å². The van der Waals surface area contributed by atoms with E-state index in [1.807, 2.05) is 0 Å². The van der Waals surface area contributed by atoms with Gasteiger partial charge >= 0.3 is 12.0 Å². The standard InChI is InChI=1S/C12H15BrN2O5/c13-8-1-2-10(9(7-8)11(18)19)14-12(20)15(3-5-16)4-6-17/h1-2,7,16-17H,3-6H2,(H,14,20)(H,18,19). The van der Waals surface area contributed by atoms with Crippen LogP contribution in [0.2, 0.25) is 0 Å². The highest BCUT2D eigenvalue weighted by atomic mass is 79.9. The van der Waals surface area contributed by atoms with Crippen molar-refractivity contribution >= 4 is 33.6 Å². The van der Waals surface area contributed by atoms with Gasteiger partial charge in [0, 0.05) is 17.6 Å². The van der Waals surface area contributed by atoms with E-state index in [4.69, 9.17) is 15.3 Å². The third kappa shape index (κ3) is 4.48. The van der Waals surface area contributed by atoms with Crippen molar-refractivity contribution in [3.63, 3.8) is 0 Å². The molecule has 1 aromatic rings. The molecule has 0 aliphatic heterocycles. The fourth-order valence-corrected chi connectivity index (χ4v) is 1.91. The Labute approximate surface area is 124 Å². The number of hydrogen-bond acceptors (Lipinski definition) is 4. The van der Waals surface area contributed by atoms with Crippen LogP contribution in [0.5, 0.6) is 0 Å². The minimum atomic E-state index is -1.17. The first kappa shape index (κ1) is 16.4. The van der Waals surface area contributed by atoms with Crippen LogP contribution in [0.3, 0.4) is 0 Å². The Morgan fingerprint density at radius 2 is 1.80 bits per heavy atom. The lowest BCUT2D eigenvalue weighted by Crippen LogP contribution is -2.39. The van der Waals surface area contributed by atoms with Gasteiger partial charge in [0.15, 0.2) is 0 Å². The molecule has 0 saturated carbocycles. The van der Waals surface area contributed by atoms with E-state index in [1.165, 1.54) is 17.0 Å². The lowest BCUT2D eigenvalue weighted by atomic mass is 10.2. The Bertz CT molecular complexity index is 489. The zero-order valence-electron chi connectivity index (χ0n) is 10.5. The average Bonchev–Trinajstić information content (AvgIpc) is 2.40. The molecule has 0 atom stereocenters. The number of rotatable bonds is 6. The maximum Gasteiger partial charge on any atom is 0.337 e. The van der Waals surface area contributed by atoms with Crippen molar-refractivity contribution in [2.75, 3.05) is 31.6 Å². The van der Waals surface area contributed by atoms with Gasteiger partial charge in [-0.15, -0.1) is 0 Å². The van der Waals surface area contributed by atoms with Gasteiger partial charge in [0.1, 0.15) is 0 Å². The van der Waals surface area contributed by atoms with Crippen LogP contribution in [-0.4, -0.2) is 58.5 Å². The minimum Gasteiger partial charge on any atom is -0.478 e. The molecule has 0 radical (unpaired) electrons. The number of carboxylic acid groups (broad SMARTS) is 1. The number of hydrogen-bond donors (Lipinski definition) is 4. The summed E-state index contributed by atoms with van der Waals surface area (Å²) in [6, 6.07) is 3.85. The highest BCUT2D eigenvalue weighted by Crippen LogP contribution is 2.21. The van der Waals surface area contributed by atoms with Crippen molar-refractivity contribution in [3.8, 4) is 0 Å². The average molecular weight is 347 g/mol. The van der Waals surface area contributed by atoms with E-state index in [1.54, 1.807) is 6.07 Å². The summed E-state index contributed by atoms with van der Waals surface area (Å²) in [5, 5.41) is 29.2. The molecule has 1 aromatic carbocycles. The Kier molecular flexibility index (Phi) is 6.43. The molecular formula is C12H15BrN2O5. The summed E-state index contributed by atoms with van der Waals surface area (Å²) in [7, 11) is 0. The van der Waals surface area contributed by atoms with E-state index in [0.717, 1.165) is 0 Å². The van der Waals surface area contributed by atoms with Crippen LogP contribution in [0.4, 0.5) is 10.5 Å². The zero-order chi connectivity index (χ0) is 15.1. The number of urea groups is 1. The second-order valence-corrected chi connectivity index (χ2v) is 4.78. The van der Waals surface area contributed by atoms with Gasteiger partial charge in [0.05, 0.1) is 24.5 Å². The predicted octanol–water partition coefficient (Wildman–Crippen LogP) is 0.966. The van der Waals surface area contributed by atoms with Crippen LogP contribution in [0.25, 0.3) is 0 Å². The highest BCUT2D eigenvalue weighted by molar-refractivity contribution is 9.10. The molecular weight excluding hydrogens is 332 g/mol. The lowest BCUT2D eigenvalue weighted by Gasteiger charge is -2.21. The zero-order valence-corrected chi connectivity index (χ0v) is 12.1. The SMILES string of the molecule is O=C(O)c1cc(Br)ccc1NC(=O)N(CCO)CCO. The molecule has 0 unspecified atom stereocenters. The second kappa shape index (κ2) is 7.83. The van der Waals surface area contributed by atoms with Gasteiger partial charge in [-0.05, 0) is 18.2 Å². The molecule has 20 heavy (non-hydrogen) atoms. The van der Waals surface area contributed by atoms with Gasteiger partial charge in [0.25, 0.3) is 0 Å². The summed E-state index contributed by atoms with van der Waals surface area (Å²) < 4.78 is 0.579. The quantitative estimate of drug-likeness (QED) is 0.613. The smallest absolute Gasteiger partial charge is 0.337 e. The molecule has 0 fully saturated rings. The number of nitrogens with zero attached hydrogens (tertiary/aromatic N) is 1. The second-order valence-electron chi connectivity index (χ2n) is 3.86. The van der Waals surface area contributed by atoms with Crippen molar-refractivity contribution in [3.05, 3.63) is 28.2 Å². The number of aromatic carboxylic acids is 1. The molecule has 1 rings (SSSR count). The Morgan fingerprint density at radius 1 is 1.20 bits per heavy atom. The number of halogens is 1. The van der Waals surface area contributed by atoms with Crippen LogP contribution < -0.4 is 5.32 Å². The van der Waals surface area contributed by atoms with Gasteiger partial charge in [-0.2, -0.15) is 0 Å². The van der Waals surface area contributed by atoms with Crippen LogP contribution in [0, 0.1) is 0 Å². The van der Waals surface area contributed by atoms with E-state index in [-0.39, 0.29) is 37.6 Å². The normalized spacial score (nSPS) is 10.2. The lowest BCUT2D eigenvalue weighted by molar-refractivity contribution is 0.0698. The molecule has 0 aliphatic carbocycles. The van der Waals surface area contributed by atoms with E-state index in [2.05, 4.69) is 21.2 Å². The van der Waals surface area contributed by atoms with Crippen LogP contribution in [-0.2, 0) is 0 Å². The van der Waals surface area contributed by atoms with E-state index in [9.17, 15) is 9.59 Å². The van der Waals surface area contributed by atoms with E-state index in [0.29, 0.717) is 4.47 Å². The van der Waals surface area contributed by atoms with Gasteiger partial charge < -0.3 is 25.5 Å². The number of benzene rings is 1. The Balaban J connectivity index is 2.91. The number of carboxylic acids is 1. The van der Waals surface area contributed by atoms with Crippen molar-refractivity contribution < 1.29 is 24.9 Å². The summed E-state index contributed by atoms with van der Waals surface area (Å²) in [6.45, 7) is -0.407. The number of carbonyl (C=O) groups is 2. The Hall–Kier alpha value is -1.64. The Morgan fingerprint density at radius 3 is 2.30 bits per heavy atom. The third-order valence-electron chi connectivity index (χ3n) is 2.48. The molecule has 7 nitrogen and oxygen atoms in total. The molecule has 110 valence electrons. The van der Waals surface area contributed by atoms with Crippen LogP contribution >= 0.6 is 15.9 Å². The maximum atomic E-state index is 11.9. The molecule has 0 bridgehead atoms. The first-order chi connectivity index (χ1) is 9.49. The third-order valence-corrected chi connectivity index (χ3v) is 2.97. The molecule has 4 N–H and O–H groups in total. The molecule has 0 spiro atoms. The first-order valence-electron chi connectivity index (χ1n) is 5.80. The molecule has 0 saturated heterocycles. The molecule has 0 aromatic heterocycles. The van der Waals surface area contributed by atoms with Crippen molar-refractivity contribution in [1.82, 2.24) is 4.90 Å². The summed E-state index contributed by atoms with van der Waals surface area (Å²) in [5.74, 6) is -1.17. The van der Waals surface area contributed by atoms with Gasteiger partial charge in [-0.1, -0.05) is 15.9 Å². The summed E-state index contributed by atoms with van der Waals surface area (Å²) in [6.07, 6.45) is 0. The first-order valence-corrected chi connectivity index (χ1v) is 6.59. The van der Waals surface area contributed by atoms with E-state index < -0.39 is 12.0 Å². The summed E-state index contributed by atoms with van der Waals surface area (Å²) in [4.78, 5) is 24.2. The van der Waals surface area contributed by atoms with Crippen molar-refractivity contribution in [2.24, 2.45) is 0 Å². The molecule has 8 heteroatoms. The van der Waals surface area contributed by atoms with Crippen LogP contribution in [0.1, 0.15) is 10.4 Å².